The van der Waals surface area contributed by atoms with E-state index >= 15 is 0 Å². The molecule has 4 nitrogen and oxygen atoms in total. The zero-order valence-electron chi connectivity index (χ0n) is 6.94. The van der Waals surface area contributed by atoms with Crippen molar-refractivity contribution in [3.63, 3.8) is 0 Å². The van der Waals surface area contributed by atoms with Gasteiger partial charge in [0.05, 0.1) is 5.56 Å². The predicted molar refractivity (Wildman–Crippen MR) is 49.7 cm³/mol. The Kier molecular flexibility index (Phi) is 1.94. The number of aromatic amines is 1. The Morgan fingerprint density at radius 1 is 1.54 bits per heavy atom. The lowest BCUT2D eigenvalue weighted by Gasteiger charge is -1.91. The van der Waals surface area contributed by atoms with Crippen molar-refractivity contribution in [2.45, 2.75) is 6.92 Å². The molecule has 0 saturated heterocycles. The normalized spacial score (nSPS) is 10.2. The van der Waals surface area contributed by atoms with Crippen LogP contribution in [0.3, 0.4) is 0 Å². The second kappa shape index (κ2) is 3.10. The molecule has 2 rings (SSSR count). The van der Waals surface area contributed by atoms with Gasteiger partial charge in [0.15, 0.2) is 5.82 Å². The van der Waals surface area contributed by atoms with Crippen molar-refractivity contribution in [2.24, 2.45) is 0 Å². The van der Waals surface area contributed by atoms with Crippen LogP contribution >= 0.6 is 12.2 Å². The van der Waals surface area contributed by atoms with Crippen LogP contribution in [0.15, 0.2) is 22.9 Å². The molecule has 2 aromatic heterocycles. The van der Waals surface area contributed by atoms with Gasteiger partial charge in [-0.05, 0) is 19.1 Å². The summed E-state index contributed by atoms with van der Waals surface area (Å²) < 4.78 is 5.59. The number of nitrogens with zero attached hydrogens (tertiary/aromatic N) is 2. The molecule has 0 spiro atoms. The minimum Gasteiger partial charge on any atom is -0.352 e. The third-order valence-electron chi connectivity index (χ3n) is 1.58. The molecule has 0 aliphatic carbocycles. The number of nitrogens with one attached hydrogen (secondary N) is 1. The summed E-state index contributed by atoms with van der Waals surface area (Å²) in [5.41, 5.74) is 0.762. The first-order valence-corrected chi connectivity index (χ1v) is 4.16. The van der Waals surface area contributed by atoms with Crippen molar-refractivity contribution in [3.05, 3.63) is 28.8 Å². The van der Waals surface area contributed by atoms with Crippen LogP contribution in [0.1, 0.15) is 5.82 Å². The average molecular weight is 193 g/mol. The summed E-state index contributed by atoms with van der Waals surface area (Å²) in [7, 11) is 0. The highest BCUT2D eigenvalue weighted by atomic mass is 32.1. The van der Waals surface area contributed by atoms with Crippen molar-refractivity contribution in [1.29, 1.82) is 0 Å². The van der Waals surface area contributed by atoms with Gasteiger partial charge in [-0.3, -0.25) is 0 Å². The predicted octanol–water partition coefficient (Wildman–Crippen LogP) is 2.10. The van der Waals surface area contributed by atoms with E-state index in [4.69, 9.17) is 16.7 Å². The minimum absolute atomic E-state index is 0.458. The molecule has 0 aromatic carbocycles. The van der Waals surface area contributed by atoms with Gasteiger partial charge >= 0.3 is 0 Å². The van der Waals surface area contributed by atoms with Gasteiger partial charge in [0.1, 0.15) is 4.64 Å². The zero-order chi connectivity index (χ0) is 9.26. The standard InChI is InChI=1S/C8H7N3OS/c1-5-10-7(12-11-5)6-3-2-4-9-8(6)13/h2-4H,1H3,(H,9,13). The van der Waals surface area contributed by atoms with Gasteiger partial charge in [0.2, 0.25) is 0 Å². The number of H-pyrrole nitrogens is 1. The van der Waals surface area contributed by atoms with Gasteiger partial charge in [-0.15, -0.1) is 0 Å². The van der Waals surface area contributed by atoms with Crippen LogP contribution in [-0.4, -0.2) is 15.1 Å². The molecule has 0 aliphatic heterocycles. The van der Waals surface area contributed by atoms with Gasteiger partial charge in [-0.1, -0.05) is 17.4 Å². The maximum Gasteiger partial charge on any atom is 0.260 e. The highest BCUT2D eigenvalue weighted by Crippen LogP contribution is 2.16. The first kappa shape index (κ1) is 8.12. The first-order valence-electron chi connectivity index (χ1n) is 3.76. The van der Waals surface area contributed by atoms with Gasteiger partial charge in [-0.25, -0.2) is 0 Å². The fourth-order valence-electron chi connectivity index (χ4n) is 0.996. The molecule has 5 heteroatoms. The number of aromatic nitrogens is 3. The van der Waals surface area contributed by atoms with E-state index in [1.807, 2.05) is 12.1 Å². The monoisotopic (exact) mass is 193 g/mol. The van der Waals surface area contributed by atoms with E-state index in [1.165, 1.54) is 0 Å². The number of hydrogen-bond donors (Lipinski definition) is 1. The molecule has 0 aliphatic rings. The molecule has 0 fully saturated rings. The van der Waals surface area contributed by atoms with Crippen molar-refractivity contribution in [2.75, 3.05) is 0 Å². The van der Waals surface area contributed by atoms with Crippen LogP contribution in [0.25, 0.3) is 11.5 Å². The topological polar surface area (TPSA) is 54.7 Å². The van der Waals surface area contributed by atoms with Crippen molar-refractivity contribution < 1.29 is 4.52 Å². The van der Waals surface area contributed by atoms with E-state index in [1.54, 1.807) is 13.1 Å². The molecule has 2 aromatic rings. The molecule has 0 amide bonds. The Morgan fingerprint density at radius 2 is 2.38 bits per heavy atom. The van der Waals surface area contributed by atoms with Crippen LogP contribution in [0.2, 0.25) is 0 Å². The Labute approximate surface area is 79.6 Å². The SMILES string of the molecule is Cc1noc(-c2ccc[nH]c2=S)n1. The number of pyridine rings is 1. The van der Waals surface area contributed by atoms with Gasteiger partial charge in [0, 0.05) is 6.20 Å². The maximum atomic E-state index is 5.06. The number of hydrogen-bond acceptors (Lipinski definition) is 4. The molecule has 13 heavy (non-hydrogen) atoms. The lowest BCUT2D eigenvalue weighted by atomic mass is 10.3. The Balaban J connectivity index is 2.59. The highest BCUT2D eigenvalue weighted by molar-refractivity contribution is 7.71. The molecule has 0 unspecified atom stereocenters. The first-order chi connectivity index (χ1) is 6.27. The molecule has 0 saturated carbocycles. The summed E-state index contributed by atoms with van der Waals surface area (Å²) in [6, 6.07) is 3.68. The van der Waals surface area contributed by atoms with Crippen molar-refractivity contribution in [1.82, 2.24) is 15.1 Å². The summed E-state index contributed by atoms with van der Waals surface area (Å²) in [4.78, 5) is 6.97. The Bertz CT molecular complexity index is 474. The molecule has 0 radical (unpaired) electrons. The van der Waals surface area contributed by atoms with E-state index in [9.17, 15) is 0 Å². The third-order valence-corrected chi connectivity index (χ3v) is 1.91. The highest BCUT2D eigenvalue weighted by Gasteiger charge is 2.06. The summed E-state index contributed by atoms with van der Waals surface area (Å²) in [5, 5.41) is 3.69. The summed E-state index contributed by atoms with van der Waals surface area (Å²) in [6.45, 7) is 1.77. The largest absolute Gasteiger partial charge is 0.352 e. The summed E-state index contributed by atoms with van der Waals surface area (Å²) >= 11 is 5.06. The van der Waals surface area contributed by atoms with Gasteiger partial charge < -0.3 is 9.51 Å². The van der Waals surface area contributed by atoms with Crippen molar-refractivity contribution in [3.8, 4) is 11.5 Å². The molecule has 0 bridgehead atoms. The van der Waals surface area contributed by atoms with Crippen LogP contribution in [0.4, 0.5) is 0 Å². The average Bonchev–Trinajstić information content (AvgIpc) is 2.53. The van der Waals surface area contributed by atoms with E-state index in [-0.39, 0.29) is 0 Å². The molecular formula is C8H7N3OS. The summed E-state index contributed by atoms with van der Waals surface area (Å²) in [5.74, 6) is 1.06. The minimum atomic E-state index is 0.458. The molecule has 1 N–H and O–H groups in total. The van der Waals surface area contributed by atoms with Crippen LogP contribution in [-0.2, 0) is 0 Å². The van der Waals surface area contributed by atoms with E-state index in [0.29, 0.717) is 16.4 Å². The molecular weight excluding hydrogens is 186 g/mol. The Hall–Kier alpha value is -1.49. The van der Waals surface area contributed by atoms with Crippen molar-refractivity contribution >= 4 is 12.2 Å². The van der Waals surface area contributed by atoms with Gasteiger partial charge in [-0.2, -0.15) is 4.98 Å². The maximum absolute atomic E-state index is 5.06. The number of aryl methyl sites for hydroxylation is 1. The van der Waals surface area contributed by atoms with Crippen LogP contribution in [0.5, 0.6) is 0 Å². The molecule has 66 valence electrons. The van der Waals surface area contributed by atoms with Crippen LogP contribution < -0.4 is 0 Å². The molecule has 2 heterocycles. The van der Waals surface area contributed by atoms with E-state index < -0.39 is 0 Å². The van der Waals surface area contributed by atoms with Gasteiger partial charge in [0.25, 0.3) is 5.89 Å². The lowest BCUT2D eigenvalue weighted by molar-refractivity contribution is 0.425. The fraction of sp³-hybridized carbons (Fsp3) is 0.125. The van der Waals surface area contributed by atoms with Crippen LogP contribution in [0, 0.1) is 11.6 Å². The second-order valence-corrected chi connectivity index (χ2v) is 2.97. The lowest BCUT2D eigenvalue weighted by Crippen LogP contribution is -1.81. The Morgan fingerprint density at radius 3 is 3.00 bits per heavy atom. The smallest absolute Gasteiger partial charge is 0.260 e. The van der Waals surface area contributed by atoms with E-state index in [0.717, 1.165) is 5.56 Å². The quantitative estimate of drug-likeness (QED) is 0.705. The molecule has 0 atom stereocenters. The third kappa shape index (κ3) is 1.50. The number of rotatable bonds is 1. The second-order valence-electron chi connectivity index (χ2n) is 2.56. The fourth-order valence-corrected chi connectivity index (χ4v) is 1.22. The summed E-state index contributed by atoms with van der Waals surface area (Å²) in [6.07, 6.45) is 1.76. The van der Waals surface area contributed by atoms with E-state index in [2.05, 4.69) is 15.1 Å². The zero-order valence-corrected chi connectivity index (χ0v) is 7.76.